The predicted octanol–water partition coefficient (Wildman–Crippen LogP) is 3.36. The Morgan fingerprint density at radius 1 is 1.32 bits per heavy atom. The molecule has 0 bridgehead atoms. The molecule has 1 atom stereocenters. The Balaban J connectivity index is 1.56. The van der Waals surface area contributed by atoms with E-state index in [-0.39, 0.29) is 6.04 Å². The number of rotatable bonds is 3. The number of carbonyl (C=O) groups excluding carboxylic acids is 1. The SMILES string of the molecule is COc1cnc2nc(-c3ccc4c(c3)OC[C@@H]4NC(=O)OC(C)(C)C)cn2c1. The first-order chi connectivity index (χ1) is 13.3. The number of alkyl carbamates (subject to hydrolysis) is 1. The van der Waals surface area contributed by atoms with Crippen molar-refractivity contribution in [1.29, 1.82) is 0 Å². The van der Waals surface area contributed by atoms with Crippen molar-refractivity contribution in [2.45, 2.75) is 32.4 Å². The van der Waals surface area contributed by atoms with Crippen LogP contribution in [0.25, 0.3) is 17.0 Å². The summed E-state index contributed by atoms with van der Waals surface area (Å²) in [5, 5.41) is 2.86. The van der Waals surface area contributed by atoms with E-state index in [4.69, 9.17) is 14.2 Å². The Hall–Kier alpha value is -3.29. The number of hydrogen-bond donors (Lipinski definition) is 1. The minimum Gasteiger partial charge on any atom is -0.494 e. The van der Waals surface area contributed by atoms with Crippen molar-refractivity contribution in [1.82, 2.24) is 19.7 Å². The summed E-state index contributed by atoms with van der Waals surface area (Å²) < 4.78 is 18.1. The molecule has 1 aliphatic rings. The lowest BCUT2D eigenvalue weighted by Crippen LogP contribution is -2.35. The van der Waals surface area contributed by atoms with Crippen LogP contribution in [0.15, 0.2) is 36.8 Å². The zero-order valence-electron chi connectivity index (χ0n) is 16.2. The van der Waals surface area contributed by atoms with Gasteiger partial charge >= 0.3 is 6.09 Å². The molecular formula is C20H22N4O4. The van der Waals surface area contributed by atoms with Gasteiger partial charge in [-0.15, -0.1) is 0 Å². The molecule has 3 aromatic rings. The third-order valence-corrected chi connectivity index (χ3v) is 4.30. The van der Waals surface area contributed by atoms with E-state index in [1.54, 1.807) is 13.3 Å². The van der Waals surface area contributed by atoms with Gasteiger partial charge in [-0.05, 0) is 26.8 Å². The summed E-state index contributed by atoms with van der Waals surface area (Å²) in [6.07, 6.45) is 4.88. The van der Waals surface area contributed by atoms with Gasteiger partial charge in [0.1, 0.15) is 18.0 Å². The molecule has 1 aliphatic heterocycles. The van der Waals surface area contributed by atoms with Crippen LogP contribution in [-0.2, 0) is 4.74 Å². The predicted molar refractivity (Wildman–Crippen MR) is 103 cm³/mol. The topological polar surface area (TPSA) is 87.0 Å². The second-order valence-electron chi connectivity index (χ2n) is 7.59. The fourth-order valence-electron chi connectivity index (χ4n) is 3.05. The second kappa shape index (κ2) is 6.70. The number of amides is 1. The maximum atomic E-state index is 12.0. The molecule has 28 heavy (non-hydrogen) atoms. The van der Waals surface area contributed by atoms with E-state index >= 15 is 0 Å². The smallest absolute Gasteiger partial charge is 0.408 e. The number of hydrogen-bond acceptors (Lipinski definition) is 6. The molecule has 146 valence electrons. The number of benzene rings is 1. The standard InChI is InChI=1S/C20H22N4O4/c1-20(2,3)28-19(25)23-16-11-27-17-7-12(5-6-14(16)17)15-10-24-9-13(26-4)8-21-18(24)22-15/h5-10,16H,11H2,1-4H3,(H,23,25)/t16-/m0/s1. The van der Waals surface area contributed by atoms with Crippen molar-refractivity contribution in [3.05, 3.63) is 42.4 Å². The van der Waals surface area contributed by atoms with Crippen molar-refractivity contribution in [3.63, 3.8) is 0 Å². The van der Waals surface area contributed by atoms with Crippen molar-refractivity contribution in [3.8, 4) is 22.8 Å². The van der Waals surface area contributed by atoms with E-state index < -0.39 is 11.7 Å². The van der Waals surface area contributed by atoms with Crippen molar-refractivity contribution >= 4 is 11.9 Å². The molecule has 0 spiro atoms. The highest BCUT2D eigenvalue weighted by Crippen LogP contribution is 2.36. The second-order valence-corrected chi connectivity index (χ2v) is 7.59. The van der Waals surface area contributed by atoms with Gasteiger partial charge in [0.15, 0.2) is 5.75 Å². The molecule has 8 heteroatoms. The van der Waals surface area contributed by atoms with Gasteiger partial charge in [0.05, 0.1) is 31.2 Å². The average Bonchev–Trinajstić information content (AvgIpc) is 3.23. The largest absolute Gasteiger partial charge is 0.494 e. The summed E-state index contributed by atoms with van der Waals surface area (Å²) in [4.78, 5) is 20.9. The highest BCUT2D eigenvalue weighted by Gasteiger charge is 2.28. The number of ether oxygens (including phenoxy) is 3. The third kappa shape index (κ3) is 3.58. The maximum Gasteiger partial charge on any atom is 0.408 e. The van der Waals surface area contributed by atoms with Crippen LogP contribution in [0, 0.1) is 0 Å². The third-order valence-electron chi connectivity index (χ3n) is 4.30. The molecule has 0 fully saturated rings. The summed E-state index contributed by atoms with van der Waals surface area (Å²) in [5.74, 6) is 1.97. The summed E-state index contributed by atoms with van der Waals surface area (Å²) in [6, 6.07) is 5.57. The first-order valence-electron chi connectivity index (χ1n) is 8.98. The Kier molecular flexibility index (Phi) is 4.33. The lowest BCUT2D eigenvalue weighted by molar-refractivity contribution is 0.0497. The van der Waals surface area contributed by atoms with E-state index in [1.165, 1.54) is 0 Å². The zero-order chi connectivity index (χ0) is 19.9. The van der Waals surface area contributed by atoms with Crippen LogP contribution in [-0.4, -0.2) is 39.8 Å². The Morgan fingerprint density at radius 3 is 2.89 bits per heavy atom. The minimum atomic E-state index is -0.546. The van der Waals surface area contributed by atoms with Crippen LogP contribution >= 0.6 is 0 Å². The molecule has 2 aromatic heterocycles. The van der Waals surface area contributed by atoms with Crippen molar-refractivity contribution < 1.29 is 19.0 Å². The lowest BCUT2D eigenvalue weighted by atomic mass is 10.0. The molecule has 4 rings (SSSR count). The first kappa shape index (κ1) is 18.1. The summed E-state index contributed by atoms with van der Waals surface area (Å²) in [5.41, 5.74) is 2.05. The van der Waals surface area contributed by atoms with Gasteiger partial charge in [-0.1, -0.05) is 12.1 Å². The lowest BCUT2D eigenvalue weighted by Gasteiger charge is -2.21. The first-order valence-corrected chi connectivity index (χ1v) is 8.98. The number of aromatic nitrogens is 3. The Bertz CT molecular complexity index is 1040. The number of methoxy groups -OCH3 is 1. The van der Waals surface area contributed by atoms with Crippen LogP contribution in [0.4, 0.5) is 4.79 Å². The monoisotopic (exact) mass is 382 g/mol. The molecule has 0 saturated carbocycles. The quantitative estimate of drug-likeness (QED) is 0.747. The van der Waals surface area contributed by atoms with Gasteiger partial charge in [-0.25, -0.2) is 14.8 Å². The van der Waals surface area contributed by atoms with E-state index in [1.807, 2.05) is 55.8 Å². The molecular weight excluding hydrogens is 360 g/mol. The summed E-state index contributed by atoms with van der Waals surface area (Å²) in [7, 11) is 1.60. The van der Waals surface area contributed by atoms with Gasteiger partial charge in [-0.3, -0.25) is 4.40 Å². The fourth-order valence-corrected chi connectivity index (χ4v) is 3.05. The highest BCUT2D eigenvalue weighted by atomic mass is 16.6. The van der Waals surface area contributed by atoms with Crippen LogP contribution in [0.2, 0.25) is 0 Å². The number of nitrogens with one attached hydrogen (secondary N) is 1. The number of fused-ring (bicyclic) bond motifs is 2. The molecule has 1 amide bonds. The average molecular weight is 382 g/mol. The van der Waals surface area contributed by atoms with E-state index in [2.05, 4.69) is 15.3 Å². The number of nitrogens with zero attached hydrogens (tertiary/aromatic N) is 3. The normalized spacial score (nSPS) is 15.8. The van der Waals surface area contributed by atoms with E-state index in [9.17, 15) is 4.79 Å². The zero-order valence-corrected chi connectivity index (χ0v) is 16.2. The van der Waals surface area contributed by atoms with E-state index in [0.29, 0.717) is 18.1 Å². The molecule has 0 saturated heterocycles. The Morgan fingerprint density at radius 2 is 2.14 bits per heavy atom. The Labute approximate surface area is 162 Å². The minimum absolute atomic E-state index is 0.245. The van der Waals surface area contributed by atoms with Crippen molar-refractivity contribution in [2.75, 3.05) is 13.7 Å². The molecule has 8 nitrogen and oxygen atoms in total. The van der Waals surface area contributed by atoms with Crippen LogP contribution < -0.4 is 14.8 Å². The summed E-state index contributed by atoms with van der Waals surface area (Å²) in [6.45, 7) is 5.85. The van der Waals surface area contributed by atoms with Crippen LogP contribution in [0.5, 0.6) is 11.5 Å². The van der Waals surface area contributed by atoms with Gasteiger partial charge in [0, 0.05) is 17.3 Å². The van der Waals surface area contributed by atoms with E-state index in [0.717, 1.165) is 22.6 Å². The maximum absolute atomic E-state index is 12.0. The molecule has 0 radical (unpaired) electrons. The fraction of sp³-hybridized carbons (Fsp3) is 0.350. The molecule has 3 heterocycles. The van der Waals surface area contributed by atoms with Gasteiger partial charge in [0.25, 0.3) is 0 Å². The van der Waals surface area contributed by atoms with Crippen LogP contribution in [0.1, 0.15) is 32.4 Å². The number of imidazole rings is 1. The summed E-state index contributed by atoms with van der Waals surface area (Å²) >= 11 is 0. The van der Waals surface area contributed by atoms with Crippen LogP contribution in [0.3, 0.4) is 0 Å². The highest BCUT2D eigenvalue weighted by molar-refractivity contribution is 5.70. The molecule has 0 unspecified atom stereocenters. The van der Waals surface area contributed by atoms with Gasteiger partial charge < -0.3 is 19.5 Å². The number of carbonyl (C=O) groups is 1. The van der Waals surface area contributed by atoms with Gasteiger partial charge in [-0.2, -0.15) is 0 Å². The molecule has 1 N–H and O–H groups in total. The van der Waals surface area contributed by atoms with Crippen molar-refractivity contribution in [2.24, 2.45) is 0 Å². The molecule has 0 aliphatic carbocycles. The van der Waals surface area contributed by atoms with Gasteiger partial charge in [0.2, 0.25) is 5.78 Å². The molecule has 1 aromatic carbocycles.